The molecule has 0 aliphatic carbocycles. The third kappa shape index (κ3) is 73700. The summed E-state index contributed by atoms with van der Waals surface area (Å²) in [6, 6.07) is 0. The third-order valence-electron chi connectivity index (χ3n) is 0.135. The quantitative estimate of drug-likeness (QED) is 0.662. The van der Waals surface area contributed by atoms with E-state index in [9.17, 15) is 0 Å². The summed E-state index contributed by atoms with van der Waals surface area (Å²) in [7, 11) is 0. The van der Waals surface area contributed by atoms with Crippen LogP contribution in [-0.2, 0) is 4.79 Å². The number of rotatable bonds is 1. The summed E-state index contributed by atoms with van der Waals surface area (Å²) in [6.07, 6.45) is 0. The second-order valence-electron chi connectivity index (χ2n) is 0.552. The lowest BCUT2D eigenvalue weighted by Gasteiger charge is -1.72. The standard InChI is InChI=1S/C2H4O3.5C2H4/c3-1-2(4)5;5*1-2/h3H,1H2,(H,4,5);5*1-2H2. The van der Waals surface area contributed by atoms with Gasteiger partial charge in [0.25, 0.3) is 0 Å². The Kier molecular flexibility index (Phi) is 839. The average Bonchev–Trinajstić information content (AvgIpc) is 2.41. The Labute approximate surface area is 94.1 Å². The zero-order valence-corrected chi connectivity index (χ0v) is 9.58. The number of aliphatic hydroxyl groups is 1. The van der Waals surface area contributed by atoms with Gasteiger partial charge >= 0.3 is 5.97 Å². The first-order chi connectivity index (χ1) is 7.27. The summed E-state index contributed by atoms with van der Waals surface area (Å²) < 4.78 is 0. The largest absolute Gasteiger partial charge is 0.480 e. The smallest absolute Gasteiger partial charge is 0.329 e. The highest BCUT2D eigenvalue weighted by molar-refractivity contribution is 5.67. The zero-order chi connectivity index (χ0) is 14.3. The van der Waals surface area contributed by atoms with Crippen LogP contribution in [0.5, 0.6) is 0 Å². The predicted molar refractivity (Wildman–Crippen MR) is 71.0 cm³/mol. The van der Waals surface area contributed by atoms with Crippen LogP contribution in [-0.4, -0.2) is 22.8 Å². The minimum absolute atomic E-state index is 0.778. The molecule has 0 aliphatic rings. The second kappa shape index (κ2) is 331. The van der Waals surface area contributed by atoms with Gasteiger partial charge in [0.05, 0.1) is 0 Å². The van der Waals surface area contributed by atoms with Gasteiger partial charge in [-0.25, -0.2) is 4.79 Å². The van der Waals surface area contributed by atoms with Gasteiger partial charge in [0, 0.05) is 0 Å². The van der Waals surface area contributed by atoms with Crippen LogP contribution in [0.3, 0.4) is 0 Å². The predicted octanol–water partition coefficient (Wildman–Crippen LogP) is 3.07. The van der Waals surface area contributed by atoms with Crippen LogP contribution < -0.4 is 0 Å². The molecular formula is C12H24O3. The van der Waals surface area contributed by atoms with E-state index < -0.39 is 12.6 Å². The van der Waals surface area contributed by atoms with Crippen LogP contribution in [0.4, 0.5) is 0 Å². The maximum absolute atomic E-state index is 9.12. The molecule has 15 heavy (non-hydrogen) atoms. The normalized spacial score (nSPS) is 3.80. The molecule has 0 atom stereocenters. The van der Waals surface area contributed by atoms with Crippen LogP contribution in [0.15, 0.2) is 65.8 Å². The number of carbonyl (C=O) groups is 1. The van der Waals surface area contributed by atoms with Crippen molar-refractivity contribution in [3.05, 3.63) is 65.8 Å². The fraction of sp³-hybridized carbons (Fsp3) is 0.0833. The SMILES string of the molecule is C=C.C=C.C=C.C=C.C=C.O=C(O)CO. The topological polar surface area (TPSA) is 57.5 Å². The first-order valence-corrected chi connectivity index (χ1v) is 3.60. The summed E-state index contributed by atoms with van der Waals surface area (Å²) in [5.41, 5.74) is 0. The Morgan fingerprint density at radius 3 is 0.800 bits per heavy atom. The molecule has 0 rings (SSSR count). The van der Waals surface area contributed by atoms with E-state index in [1.165, 1.54) is 0 Å². The van der Waals surface area contributed by atoms with Crippen molar-refractivity contribution in [2.24, 2.45) is 0 Å². The molecule has 0 heterocycles. The van der Waals surface area contributed by atoms with Gasteiger partial charge in [-0.05, 0) is 0 Å². The molecule has 0 fully saturated rings. The molecule has 0 saturated carbocycles. The molecule has 3 heteroatoms. The van der Waals surface area contributed by atoms with Gasteiger partial charge in [0.2, 0.25) is 0 Å². The van der Waals surface area contributed by atoms with Crippen molar-refractivity contribution in [3.8, 4) is 0 Å². The van der Waals surface area contributed by atoms with Crippen molar-refractivity contribution >= 4 is 5.97 Å². The lowest BCUT2D eigenvalue weighted by Crippen LogP contribution is -1.98. The Balaban J connectivity index is -0.0000000177. The summed E-state index contributed by atoms with van der Waals surface area (Å²) in [4.78, 5) is 9.12. The van der Waals surface area contributed by atoms with Crippen LogP contribution in [0.2, 0.25) is 0 Å². The van der Waals surface area contributed by atoms with Crippen molar-refractivity contribution in [1.29, 1.82) is 0 Å². The first-order valence-electron chi connectivity index (χ1n) is 3.60. The van der Waals surface area contributed by atoms with Crippen LogP contribution in [0.25, 0.3) is 0 Å². The molecule has 0 aliphatic heterocycles. The third-order valence-corrected chi connectivity index (χ3v) is 0.135. The molecule has 90 valence electrons. The van der Waals surface area contributed by atoms with E-state index in [2.05, 4.69) is 65.8 Å². The van der Waals surface area contributed by atoms with Crippen LogP contribution in [0.1, 0.15) is 0 Å². The fourth-order valence-electron chi connectivity index (χ4n) is 0. The number of hydrogen-bond acceptors (Lipinski definition) is 2. The molecular weight excluding hydrogens is 192 g/mol. The minimum atomic E-state index is -1.19. The van der Waals surface area contributed by atoms with E-state index in [1.54, 1.807) is 0 Å². The van der Waals surface area contributed by atoms with Crippen molar-refractivity contribution in [1.82, 2.24) is 0 Å². The zero-order valence-electron chi connectivity index (χ0n) is 9.58. The van der Waals surface area contributed by atoms with E-state index in [0.29, 0.717) is 0 Å². The van der Waals surface area contributed by atoms with Gasteiger partial charge in [0.15, 0.2) is 0 Å². The molecule has 0 aromatic rings. The molecule has 0 unspecified atom stereocenters. The number of hydrogen-bond donors (Lipinski definition) is 2. The Morgan fingerprint density at radius 2 is 0.800 bits per heavy atom. The maximum atomic E-state index is 9.12. The molecule has 0 aromatic carbocycles. The van der Waals surface area contributed by atoms with Gasteiger partial charge in [-0.15, -0.1) is 65.8 Å². The summed E-state index contributed by atoms with van der Waals surface area (Å²) in [5.74, 6) is -1.19. The second-order valence-corrected chi connectivity index (χ2v) is 0.552. The lowest BCUT2D eigenvalue weighted by molar-refractivity contribution is -0.140. The molecule has 0 saturated heterocycles. The lowest BCUT2D eigenvalue weighted by atomic mass is 10.8. The van der Waals surface area contributed by atoms with E-state index in [1.807, 2.05) is 0 Å². The molecule has 0 aromatic heterocycles. The number of carboxylic acid groups (broad SMARTS) is 1. The van der Waals surface area contributed by atoms with Crippen molar-refractivity contribution < 1.29 is 15.0 Å². The van der Waals surface area contributed by atoms with Crippen LogP contribution in [0, 0.1) is 0 Å². The van der Waals surface area contributed by atoms with Crippen LogP contribution >= 0.6 is 0 Å². The summed E-state index contributed by atoms with van der Waals surface area (Å²) >= 11 is 0. The molecule has 0 spiro atoms. The van der Waals surface area contributed by atoms with Gasteiger partial charge < -0.3 is 10.2 Å². The van der Waals surface area contributed by atoms with E-state index in [-0.39, 0.29) is 0 Å². The Bertz CT molecular complexity index is 81.3. The van der Waals surface area contributed by atoms with E-state index in [4.69, 9.17) is 15.0 Å². The van der Waals surface area contributed by atoms with Gasteiger partial charge in [-0.3, -0.25) is 0 Å². The monoisotopic (exact) mass is 216 g/mol. The van der Waals surface area contributed by atoms with Gasteiger partial charge in [-0.1, -0.05) is 0 Å². The highest BCUT2D eigenvalue weighted by atomic mass is 16.4. The molecule has 3 nitrogen and oxygen atoms in total. The van der Waals surface area contributed by atoms with Gasteiger partial charge in [-0.2, -0.15) is 0 Å². The van der Waals surface area contributed by atoms with Crippen molar-refractivity contribution in [2.75, 3.05) is 6.61 Å². The maximum Gasteiger partial charge on any atom is 0.329 e. The summed E-state index contributed by atoms with van der Waals surface area (Å²) in [6.45, 7) is 29.2. The highest BCUT2D eigenvalue weighted by Gasteiger charge is 1.82. The molecule has 2 N–H and O–H groups in total. The van der Waals surface area contributed by atoms with E-state index in [0.717, 1.165) is 0 Å². The van der Waals surface area contributed by atoms with Gasteiger partial charge in [0.1, 0.15) is 6.61 Å². The number of aliphatic hydroxyl groups excluding tert-OH is 1. The van der Waals surface area contributed by atoms with E-state index >= 15 is 0 Å². The average molecular weight is 216 g/mol. The Hall–Kier alpha value is -1.87. The fourth-order valence-corrected chi connectivity index (χ4v) is 0. The number of carboxylic acids is 1. The molecule has 0 amide bonds. The Morgan fingerprint density at radius 1 is 0.733 bits per heavy atom. The molecule has 0 bridgehead atoms. The minimum Gasteiger partial charge on any atom is -0.480 e. The molecule has 0 radical (unpaired) electrons. The number of aliphatic carboxylic acids is 1. The highest BCUT2D eigenvalue weighted by Crippen LogP contribution is 1.48. The van der Waals surface area contributed by atoms with Crippen molar-refractivity contribution in [2.45, 2.75) is 0 Å². The first kappa shape index (κ1) is 38.0. The van der Waals surface area contributed by atoms with Crippen molar-refractivity contribution in [3.63, 3.8) is 0 Å². The summed E-state index contributed by atoms with van der Waals surface area (Å²) in [5, 5.41) is 15.0.